The Morgan fingerprint density at radius 2 is 1.62 bits per heavy atom. The lowest BCUT2D eigenvalue weighted by Gasteiger charge is -2.30. The molecule has 0 bridgehead atoms. The zero-order valence-electron chi connectivity index (χ0n) is 13.9. The van der Waals surface area contributed by atoms with Crippen LogP contribution in [0.25, 0.3) is 0 Å². The first kappa shape index (κ1) is 18.0. The van der Waals surface area contributed by atoms with Gasteiger partial charge < -0.3 is 10.2 Å². The van der Waals surface area contributed by atoms with Crippen LogP contribution in [-0.4, -0.2) is 48.4 Å². The number of rotatable bonds is 7. The normalized spacial score (nSPS) is 18.4. The van der Waals surface area contributed by atoms with E-state index in [-0.39, 0.29) is 23.9 Å². The Labute approximate surface area is 128 Å². The Bertz CT molecular complexity index is 338. The predicted molar refractivity (Wildman–Crippen MR) is 85.0 cm³/mol. The largest absolute Gasteiger partial charge is 0.355 e. The van der Waals surface area contributed by atoms with E-state index in [4.69, 9.17) is 0 Å². The molecule has 1 rings (SSSR count). The van der Waals surface area contributed by atoms with Crippen LogP contribution in [-0.2, 0) is 9.59 Å². The average Bonchev–Trinajstić information content (AvgIpc) is 2.46. The fraction of sp³-hybridized carbons (Fsp3) is 0.875. The number of hydrogen-bond acceptors (Lipinski definition) is 3. The summed E-state index contributed by atoms with van der Waals surface area (Å²) in [6.45, 7) is 10.3. The van der Waals surface area contributed by atoms with E-state index in [1.807, 2.05) is 18.7 Å². The van der Waals surface area contributed by atoms with Crippen LogP contribution in [0, 0.1) is 5.92 Å². The van der Waals surface area contributed by atoms with E-state index >= 15 is 0 Å². The van der Waals surface area contributed by atoms with Gasteiger partial charge in [-0.05, 0) is 45.4 Å². The maximum atomic E-state index is 12.3. The Balaban J connectivity index is 2.32. The number of amides is 2. The summed E-state index contributed by atoms with van der Waals surface area (Å²) in [6, 6.07) is -0.658. The van der Waals surface area contributed by atoms with E-state index in [2.05, 4.69) is 24.5 Å². The molecule has 1 heterocycles. The summed E-state index contributed by atoms with van der Waals surface area (Å²) in [5.74, 6) is 0.652. The Hall–Kier alpha value is -1.10. The summed E-state index contributed by atoms with van der Waals surface area (Å²) in [6.07, 6.45) is 4.36. The van der Waals surface area contributed by atoms with Crippen molar-refractivity contribution in [3.05, 3.63) is 0 Å². The second-order valence-corrected chi connectivity index (χ2v) is 6.47. The van der Waals surface area contributed by atoms with Gasteiger partial charge in [-0.15, -0.1) is 0 Å². The second kappa shape index (κ2) is 9.03. The standard InChI is InChI=1S/C16H31N3O2/c1-12(2)8-9-17-15(20)13(3)18-14(4)16(21)19-10-6-5-7-11-19/h12-14,18H,5-11H2,1-4H3,(H,17,20). The minimum Gasteiger partial charge on any atom is -0.355 e. The third-order valence-electron chi connectivity index (χ3n) is 3.95. The SMILES string of the molecule is CC(C)CCNC(=O)C(C)NC(C)C(=O)N1CCCCC1. The quantitative estimate of drug-likeness (QED) is 0.749. The highest BCUT2D eigenvalue weighted by Crippen LogP contribution is 2.10. The lowest BCUT2D eigenvalue weighted by molar-refractivity contribution is -0.134. The summed E-state index contributed by atoms with van der Waals surface area (Å²) in [5, 5.41) is 6.02. The van der Waals surface area contributed by atoms with Crippen LogP contribution in [0.4, 0.5) is 0 Å². The van der Waals surface area contributed by atoms with E-state index in [0.29, 0.717) is 12.5 Å². The number of carbonyl (C=O) groups is 2. The van der Waals surface area contributed by atoms with Gasteiger partial charge in [0.25, 0.3) is 0 Å². The summed E-state index contributed by atoms with van der Waals surface area (Å²) in [4.78, 5) is 26.2. The average molecular weight is 297 g/mol. The molecule has 1 fully saturated rings. The Kier molecular flexibility index (Phi) is 7.72. The smallest absolute Gasteiger partial charge is 0.239 e. The van der Waals surface area contributed by atoms with Crippen LogP contribution >= 0.6 is 0 Å². The molecule has 0 spiro atoms. The minimum atomic E-state index is -0.346. The van der Waals surface area contributed by atoms with Gasteiger partial charge in [0.1, 0.15) is 0 Å². The molecule has 2 unspecified atom stereocenters. The van der Waals surface area contributed by atoms with Crippen molar-refractivity contribution < 1.29 is 9.59 Å². The van der Waals surface area contributed by atoms with Gasteiger partial charge in [0, 0.05) is 19.6 Å². The number of nitrogens with zero attached hydrogens (tertiary/aromatic N) is 1. The molecule has 5 nitrogen and oxygen atoms in total. The van der Waals surface area contributed by atoms with Crippen molar-refractivity contribution in [3.8, 4) is 0 Å². The first-order chi connectivity index (χ1) is 9.91. The topological polar surface area (TPSA) is 61.4 Å². The van der Waals surface area contributed by atoms with Gasteiger partial charge >= 0.3 is 0 Å². The number of hydrogen-bond donors (Lipinski definition) is 2. The number of carbonyl (C=O) groups excluding carboxylic acids is 2. The monoisotopic (exact) mass is 297 g/mol. The summed E-state index contributed by atoms with van der Waals surface area (Å²) < 4.78 is 0. The van der Waals surface area contributed by atoms with Gasteiger partial charge in [0.15, 0.2) is 0 Å². The molecule has 1 saturated heterocycles. The van der Waals surface area contributed by atoms with Crippen molar-refractivity contribution in [1.82, 2.24) is 15.5 Å². The molecular formula is C16H31N3O2. The third kappa shape index (κ3) is 6.46. The van der Waals surface area contributed by atoms with Crippen molar-refractivity contribution in [2.45, 2.75) is 65.5 Å². The number of likely N-dealkylation sites (tertiary alicyclic amines) is 1. The first-order valence-corrected chi connectivity index (χ1v) is 8.24. The van der Waals surface area contributed by atoms with Gasteiger partial charge in [-0.25, -0.2) is 0 Å². The molecule has 2 N–H and O–H groups in total. The van der Waals surface area contributed by atoms with E-state index < -0.39 is 0 Å². The molecule has 0 aromatic carbocycles. The zero-order valence-corrected chi connectivity index (χ0v) is 13.9. The van der Waals surface area contributed by atoms with Crippen LogP contribution < -0.4 is 10.6 Å². The van der Waals surface area contributed by atoms with Crippen LogP contribution in [0.3, 0.4) is 0 Å². The maximum absolute atomic E-state index is 12.3. The van der Waals surface area contributed by atoms with Crippen molar-refractivity contribution in [2.75, 3.05) is 19.6 Å². The van der Waals surface area contributed by atoms with Crippen LogP contribution in [0.2, 0.25) is 0 Å². The molecule has 0 radical (unpaired) electrons. The highest BCUT2D eigenvalue weighted by atomic mass is 16.2. The number of nitrogens with one attached hydrogen (secondary N) is 2. The molecule has 1 aliphatic rings. The fourth-order valence-electron chi connectivity index (χ4n) is 2.55. The van der Waals surface area contributed by atoms with E-state index in [9.17, 15) is 9.59 Å². The fourth-order valence-corrected chi connectivity index (χ4v) is 2.55. The molecular weight excluding hydrogens is 266 g/mol. The Morgan fingerprint density at radius 3 is 2.19 bits per heavy atom. The van der Waals surface area contributed by atoms with E-state index in [1.165, 1.54) is 6.42 Å². The first-order valence-electron chi connectivity index (χ1n) is 8.24. The highest BCUT2D eigenvalue weighted by molar-refractivity contribution is 5.84. The summed E-state index contributed by atoms with van der Waals surface area (Å²) in [7, 11) is 0. The number of piperidine rings is 1. The van der Waals surface area contributed by atoms with Gasteiger partial charge in [-0.2, -0.15) is 0 Å². The van der Waals surface area contributed by atoms with Crippen molar-refractivity contribution in [2.24, 2.45) is 5.92 Å². The zero-order chi connectivity index (χ0) is 15.8. The molecule has 2 atom stereocenters. The van der Waals surface area contributed by atoms with Crippen LogP contribution in [0.15, 0.2) is 0 Å². The van der Waals surface area contributed by atoms with Gasteiger partial charge in [-0.1, -0.05) is 13.8 Å². The lowest BCUT2D eigenvalue weighted by atomic mass is 10.1. The van der Waals surface area contributed by atoms with Crippen LogP contribution in [0.1, 0.15) is 53.4 Å². The van der Waals surface area contributed by atoms with E-state index in [1.54, 1.807) is 0 Å². The second-order valence-electron chi connectivity index (χ2n) is 6.47. The molecule has 0 aliphatic carbocycles. The lowest BCUT2D eigenvalue weighted by Crippen LogP contribution is -2.52. The summed E-state index contributed by atoms with van der Waals surface area (Å²) >= 11 is 0. The minimum absolute atomic E-state index is 0.0334. The highest BCUT2D eigenvalue weighted by Gasteiger charge is 2.24. The maximum Gasteiger partial charge on any atom is 0.239 e. The van der Waals surface area contributed by atoms with Crippen molar-refractivity contribution in [1.29, 1.82) is 0 Å². The molecule has 5 heteroatoms. The van der Waals surface area contributed by atoms with Gasteiger partial charge in [0.2, 0.25) is 11.8 Å². The summed E-state index contributed by atoms with van der Waals surface area (Å²) in [5.41, 5.74) is 0. The van der Waals surface area contributed by atoms with E-state index in [0.717, 1.165) is 32.4 Å². The molecule has 0 aromatic heterocycles. The molecule has 0 aromatic rings. The molecule has 122 valence electrons. The molecule has 1 aliphatic heterocycles. The van der Waals surface area contributed by atoms with Gasteiger partial charge in [0.05, 0.1) is 12.1 Å². The molecule has 0 saturated carbocycles. The predicted octanol–water partition coefficient (Wildman–Crippen LogP) is 1.53. The van der Waals surface area contributed by atoms with Crippen molar-refractivity contribution in [3.63, 3.8) is 0 Å². The van der Waals surface area contributed by atoms with Gasteiger partial charge in [-0.3, -0.25) is 14.9 Å². The molecule has 2 amide bonds. The molecule has 21 heavy (non-hydrogen) atoms. The third-order valence-corrected chi connectivity index (χ3v) is 3.95. The Morgan fingerprint density at radius 1 is 1.00 bits per heavy atom. The van der Waals surface area contributed by atoms with Crippen molar-refractivity contribution >= 4 is 11.8 Å². The van der Waals surface area contributed by atoms with Crippen LogP contribution in [0.5, 0.6) is 0 Å².